The van der Waals surface area contributed by atoms with Gasteiger partial charge >= 0.3 is 0 Å². The molecule has 0 spiro atoms. The molecule has 0 atom stereocenters. The third-order valence-corrected chi connectivity index (χ3v) is 6.08. The molecule has 1 aromatic heterocycles. The standard InChI is InChI=1S/C27H25N3O3/c31-23-13-11-20(12-14-23)25-19-24(28-33-25)27(32)30-17-15-29(16-18-30)26(21-7-3-1-4-8-21)22-9-5-2-6-10-22/h1-14,19,26,31H,15-18H2. The van der Waals surface area contributed by atoms with E-state index in [9.17, 15) is 9.90 Å². The Hall–Kier alpha value is -3.90. The fourth-order valence-electron chi connectivity index (χ4n) is 4.37. The molecule has 0 aliphatic carbocycles. The number of aromatic hydroxyl groups is 1. The van der Waals surface area contributed by atoms with Gasteiger partial charge in [-0.05, 0) is 35.4 Å². The van der Waals surface area contributed by atoms with Gasteiger partial charge in [-0.1, -0.05) is 65.8 Å². The highest BCUT2D eigenvalue weighted by atomic mass is 16.5. The van der Waals surface area contributed by atoms with E-state index in [0.29, 0.717) is 24.5 Å². The molecular formula is C27H25N3O3. The molecule has 0 radical (unpaired) electrons. The normalized spacial score (nSPS) is 14.5. The highest BCUT2D eigenvalue weighted by molar-refractivity contribution is 5.93. The summed E-state index contributed by atoms with van der Waals surface area (Å²) in [6.45, 7) is 2.78. The number of aromatic nitrogens is 1. The number of hydrogen-bond acceptors (Lipinski definition) is 5. The van der Waals surface area contributed by atoms with Crippen molar-refractivity contribution in [2.24, 2.45) is 0 Å². The summed E-state index contributed by atoms with van der Waals surface area (Å²) in [5, 5.41) is 13.5. The molecule has 1 aliphatic rings. The molecule has 4 aromatic rings. The topological polar surface area (TPSA) is 69.8 Å². The van der Waals surface area contributed by atoms with Crippen molar-refractivity contribution in [2.75, 3.05) is 26.2 Å². The van der Waals surface area contributed by atoms with Crippen LogP contribution in [0.25, 0.3) is 11.3 Å². The lowest BCUT2D eigenvalue weighted by atomic mass is 9.96. The van der Waals surface area contributed by atoms with Crippen LogP contribution in [-0.4, -0.2) is 52.1 Å². The number of carbonyl (C=O) groups is 1. The van der Waals surface area contributed by atoms with Crippen LogP contribution >= 0.6 is 0 Å². The molecule has 166 valence electrons. The summed E-state index contributed by atoms with van der Waals surface area (Å²) in [4.78, 5) is 17.3. The minimum absolute atomic E-state index is 0.126. The summed E-state index contributed by atoms with van der Waals surface area (Å²) >= 11 is 0. The van der Waals surface area contributed by atoms with Gasteiger partial charge in [0.15, 0.2) is 11.5 Å². The molecule has 0 bridgehead atoms. The molecule has 6 nitrogen and oxygen atoms in total. The van der Waals surface area contributed by atoms with Gasteiger partial charge in [-0.15, -0.1) is 0 Å². The van der Waals surface area contributed by atoms with Crippen LogP contribution in [0.4, 0.5) is 0 Å². The Morgan fingerprint density at radius 1 is 0.818 bits per heavy atom. The van der Waals surface area contributed by atoms with E-state index >= 15 is 0 Å². The third kappa shape index (κ3) is 4.52. The predicted molar refractivity (Wildman–Crippen MR) is 126 cm³/mol. The average molecular weight is 440 g/mol. The molecule has 1 N–H and O–H groups in total. The van der Waals surface area contributed by atoms with Crippen LogP contribution < -0.4 is 0 Å². The van der Waals surface area contributed by atoms with Crippen molar-refractivity contribution in [3.8, 4) is 17.1 Å². The van der Waals surface area contributed by atoms with Gasteiger partial charge in [0.2, 0.25) is 0 Å². The van der Waals surface area contributed by atoms with Gasteiger partial charge in [-0.2, -0.15) is 0 Å². The van der Waals surface area contributed by atoms with Crippen LogP contribution in [0.15, 0.2) is 95.5 Å². The van der Waals surface area contributed by atoms with E-state index in [0.717, 1.165) is 18.7 Å². The Kier molecular flexibility index (Phi) is 5.91. The van der Waals surface area contributed by atoms with Gasteiger partial charge < -0.3 is 14.5 Å². The first-order chi connectivity index (χ1) is 16.2. The molecule has 0 saturated carbocycles. The van der Waals surface area contributed by atoms with E-state index in [2.05, 4.69) is 58.6 Å². The maximum atomic E-state index is 13.1. The van der Waals surface area contributed by atoms with Crippen molar-refractivity contribution in [1.82, 2.24) is 15.0 Å². The molecule has 33 heavy (non-hydrogen) atoms. The monoisotopic (exact) mass is 439 g/mol. The molecule has 1 fully saturated rings. The number of phenols is 1. The zero-order valence-corrected chi connectivity index (χ0v) is 18.2. The minimum atomic E-state index is -0.126. The number of rotatable bonds is 5. The van der Waals surface area contributed by atoms with Crippen LogP contribution in [0.3, 0.4) is 0 Å². The summed E-state index contributed by atoms with van der Waals surface area (Å²) in [5.74, 6) is 0.557. The van der Waals surface area contributed by atoms with Crippen molar-refractivity contribution in [3.05, 3.63) is 108 Å². The lowest BCUT2D eigenvalue weighted by Crippen LogP contribution is -2.50. The molecular weight excluding hydrogens is 414 g/mol. The molecule has 2 heterocycles. The second kappa shape index (κ2) is 9.30. The molecule has 0 unspecified atom stereocenters. The minimum Gasteiger partial charge on any atom is -0.508 e. The fraction of sp³-hybridized carbons (Fsp3) is 0.185. The molecule has 1 amide bonds. The van der Waals surface area contributed by atoms with E-state index in [1.165, 1.54) is 11.1 Å². The second-order valence-electron chi connectivity index (χ2n) is 8.18. The third-order valence-electron chi connectivity index (χ3n) is 6.08. The van der Waals surface area contributed by atoms with Crippen LogP contribution in [0.2, 0.25) is 0 Å². The molecule has 5 rings (SSSR count). The Bertz CT molecular complexity index is 1160. The number of benzene rings is 3. The van der Waals surface area contributed by atoms with Crippen LogP contribution in [0, 0.1) is 0 Å². The number of piperazine rings is 1. The summed E-state index contributed by atoms with van der Waals surface area (Å²) in [7, 11) is 0. The quantitative estimate of drug-likeness (QED) is 0.492. The van der Waals surface area contributed by atoms with Crippen molar-refractivity contribution in [3.63, 3.8) is 0 Å². The first-order valence-electron chi connectivity index (χ1n) is 11.1. The van der Waals surface area contributed by atoms with Crippen LogP contribution in [-0.2, 0) is 0 Å². The first-order valence-corrected chi connectivity index (χ1v) is 11.1. The summed E-state index contributed by atoms with van der Waals surface area (Å²) in [6.07, 6.45) is 0. The largest absolute Gasteiger partial charge is 0.508 e. The SMILES string of the molecule is O=C(c1cc(-c2ccc(O)cc2)on1)N1CCN(C(c2ccccc2)c2ccccc2)CC1. The van der Waals surface area contributed by atoms with Crippen molar-refractivity contribution in [1.29, 1.82) is 0 Å². The lowest BCUT2D eigenvalue weighted by Gasteiger charge is -2.39. The Morgan fingerprint density at radius 2 is 1.39 bits per heavy atom. The molecule has 6 heteroatoms. The van der Waals surface area contributed by atoms with Gasteiger partial charge in [-0.3, -0.25) is 9.69 Å². The van der Waals surface area contributed by atoms with E-state index in [-0.39, 0.29) is 17.7 Å². The van der Waals surface area contributed by atoms with Gasteiger partial charge in [0, 0.05) is 37.8 Å². The van der Waals surface area contributed by atoms with Crippen LogP contribution in [0.1, 0.15) is 27.7 Å². The second-order valence-corrected chi connectivity index (χ2v) is 8.18. The zero-order chi connectivity index (χ0) is 22.6. The Morgan fingerprint density at radius 3 is 1.97 bits per heavy atom. The Balaban J connectivity index is 1.29. The maximum absolute atomic E-state index is 13.1. The first kappa shape index (κ1) is 21.0. The van der Waals surface area contributed by atoms with Gasteiger partial charge in [0.25, 0.3) is 5.91 Å². The number of carbonyl (C=O) groups excluding carboxylic acids is 1. The summed E-state index contributed by atoms with van der Waals surface area (Å²) in [5.41, 5.74) is 3.56. The number of hydrogen-bond donors (Lipinski definition) is 1. The summed E-state index contributed by atoms with van der Waals surface area (Å²) < 4.78 is 5.39. The molecule has 1 saturated heterocycles. The molecule has 3 aromatic carbocycles. The summed E-state index contributed by atoms with van der Waals surface area (Å²) in [6, 6.07) is 29.4. The van der Waals surface area contributed by atoms with Crippen molar-refractivity contribution in [2.45, 2.75) is 6.04 Å². The highest BCUT2D eigenvalue weighted by Gasteiger charge is 2.29. The van der Waals surface area contributed by atoms with Gasteiger partial charge in [-0.25, -0.2) is 0 Å². The van der Waals surface area contributed by atoms with E-state index < -0.39 is 0 Å². The smallest absolute Gasteiger partial charge is 0.276 e. The average Bonchev–Trinajstić information content (AvgIpc) is 3.36. The molecule has 1 aliphatic heterocycles. The number of amides is 1. The van der Waals surface area contributed by atoms with E-state index in [4.69, 9.17) is 4.52 Å². The highest BCUT2D eigenvalue weighted by Crippen LogP contribution is 2.30. The van der Waals surface area contributed by atoms with Crippen molar-refractivity contribution < 1.29 is 14.4 Å². The van der Waals surface area contributed by atoms with E-state index in [1.807, 2.05) is 17.0 Å². The number of phenolic OH excluding ortho intramolecular Hbond substituents is 1. The van der Waals surface area contributed by atoms with Crippen LogP contribution in [0.5, 0.6) is 5.75 Å². The van der Waals surface area contributed by atoms with Gasteiger partial charge in [0.1, 0.15) is 5.75 Å². The lowest BCUT2D eigenvalue weighted by molar-refractivity contribution is 0.0588. The van der Waals surface area contributed by atoms with Crippen molar-refractivity contribution >= 4 is 5.91 Å². The maximum Gasteiger partial charge on any atom is 0.276 e. The predicted octanol–water partition coefficient (Wildman–Crippen LogP) is 4.59. The van der Waals surface area contributed by atoms with Gasteiger partial charge in [0.05, 0.1) is 6.04 Å². The number of nitrogens with zero attached hydrogens (tertiary/aromatic N) is 3. The fourth-order valence-corrected chi connectivity index (χ4v) is 4.37. The van der Waals surface area contributed by atoms with E-state index in [1.54, 1.807) is 30.3 Å². The Labute approximate surface area is 192 Å². The zero-order valence-electron chi connectivity index (χ0n) is 18.2.